The number of esters is 3. The predicted molar refractivity (Wildman–Crippen MR) is 210 cm³/mol. The number of hydrogen-bond donors (Lipinski definition) is 0. The summed E-state index contributed by atoms with van der Waals surface area (Å²) in [6.45, 7) is 6.62. The molecular weight excluding hydrogens is 624 g/mol. The van der Waals surface area contributed by atoms with Crippen molar-refractivity contribution in [2.45, 2.75) is 252 Å². The Hall–Kier alpha value is -1.59. The zero-order valence-corrected chi connectivity index (χ0v) is 33.7. The molecule has 0 aliphatic rings. The molecular formula is C44H84O6. The highest BCUT2D eigenvalue weighted by molar-refractivity contribution is 5.71. The smallest absolute Gasteiger partial charge is 0.306 e. The van der Waals surface area contributed by atoms with Crippen molar-refractivity contribution in [2.75, 3.05) is 13.2 Å². The molecule has 1 atom stereocenters. The van der Waals surface area contributed by atoms with E-state index in [2.05, 4.69) is 20.8 Å². The van der Waals surface area contributed by atoms with Crippen LogP contribution in [-0.4, -0.2) is 37.2 Å². The maximum absolute atomic E-state index is 12.7. The van der Waals surface area contributed by atoms with Crippen molar-refractivity contribution in [1.29, 1.82) is 0 Å². The van der Waals surface area contributed by atoms with Gasteiger partial charge in [-0.05, 0) is 19.3 Å². The molecule has 0 aliphatic heterocycles. The Morgan fingerprint density at radius 1 is 0.320 bits per heavy atom. The summed E-state index contributed by atoms with van der Waals surface area (Å²) in [6.07, 6.45) is 39.4. The van der Waals surface area contributed by atoms with E-state index >= 15 is 0 Å². The number of carbonyl (C=O) groups excluding carboxylic acids is 3. The third-order valence-corrected chi connectivity index (χ3v) is 9.86. The molecule has 0 radical (unpaired) electrons. The summed E-state index contributed by atoms with van der Waals surface area (Å²) in [5.41, 5.74) is 0. The van der Waals surface area contributed by atoms with Crippen molar-refractivity contribution in [3.8, 4) is 0 Å². The molecule has 0 bridgehead atoms. The minimum Gasteiger partial charge on any atom is -0.462 e. The van der Waals surface area contributed by atoms with E-state index in [4.69, 9.17) is 14.2 Å². The molecule has 0 aromatic rings. The van der Waals surface area contributed by atoms with Gasteiger partial charge in [0.15, 0.2) is 6.10 Å². The zero-order valence-electron chi connectivity index (χ0n) is 33.7. The summed E-state index contributed by atoms with van der Waals surface area (Å²) in [7, 11) is 0. The summed E-state index contributed by atoms with van der Waals surface area (Å²) in [4.78, 5) is 37.6. The summed E-state index contributed by atoms with van der Waals surface area (Å²) in [5.74, 6) is -0.857. The average Bonchev–Trinajstić information content (AvgIpc) is 3.11. The molecule has 0 saturated carbocycles. The molecule has 6 nitrogen and oxygen atoms in total. The van der Waals surface area contributed by atoms with Crippen LogP contribution in [0.5, 0.6) is 0 Å². The fraction of sp³-hybridized carbons (Fsp3) is 0.932. The molecule has 0 fully saturated rings. The Labute approximate surface area is 310 Å². The van der Waals surface area contributed by atoms with Crippen LogP contribution in [0.2, 0.25) is 0 Å². The van der Waals surface area contributed by atoms with E-state index in [-0.39, 0.29) is 31.1 Å². The minimum atomic E-state index is -0.756. The van der Waals surface area contributed by atoms with E-state index < -0.39 is 6.10 Å². The van der Waals surface area contributed by atoms with Gasteiger partial charge in [-0.1, -0.05) is 207 Å². The first-order valence-corrected chi connectivity index (χ1v) is 22.0. The Balaban J connectivity index is 4.32. The lowest BCUT2D eigenvalue weighted by Gasteiger charge is -2.18. The molecule has 0 amide bonds. The molecule has 0 spiro atoms. The molecule has 0 N–H and O–H groups in total. The maximum atomic E-state index is 12.7. The van der Waals surface area contributed by atoms with Crippen molar-refractivity contribution in [2.24, 2.45) is 0 Å². The van der Waals surface area contributed by atoms with Gasteiger partial charge in [0.1, 0.15) is 13.2 Å². The normalized spacial score (nSPS) is 11.8. The van der Waals surface area contributed by atoms with Gasteiger partial charge in [-0.15, -0.1) is 0 Å². The second kappa shape index (κ2) is 40.2. The molecule has 50 heavy (non-hydrogen) atoms. The van der Waals surface area contributed by atoms with Gasteiger partial charge in [-0.2, -0.15) is 0 Å². The molecule has 0 aromatic carbocycles. The van der Waals surface area contributed by atoms with Gasteiger partial charge in [-0.3, -0.25) is 14.4 Å². The van der Waals surface area contributed by atoms with E-state index in [1.54, 1.807) is 0 Å². The lowest BCUT2D eigenvalue weighted by molar-refractivity contribution is -0.167. The van der Waals surface area contributed by atoms with Crippen molar-refractivity contribution < 1.29 is 28.6 Å². The summed E-state index contributed by atoms with van der Waals surface area (Å²) in [5, 5.41) is 0. The monoisotopic (exact) mass is 709 g/mol. The van der Waals surface area contributed by atoms with Crippen molar-refractivity contribution in [3.05, 3.63) is 0 Å². The maximum Gasteiger partial charge on any atom is 0.306 e. The lowest BCUT2D eigenvalue weighted by Crippen LogP contribution is -2.30. The Bertz CT molecular complexity index is 738. The van der Waals surface area contributed by atoms with E-state index in [1.165, 1.54) is 148 Å². The van der Waals surface area contributed by atoms with Crippen molar-refractivity contribution in [3.63, 3.8) is 0 Å². The van der Waals surface area contributed by atoms with Crippen LogP contribution in [0, 0.1) is 0 Å². The van der Waals surface area contributed by atoms with Crippen molar-refractivity contribution in [1.82, 2.24) is 0 Å². The number of unbranched alkanes of at least 4 members (excludes halogenated alkanes) is 29. The van der Waals surface area contributed by atoms with Crippen molar-refractivity contribution >= 4 is 17.9 Å². The van der Waals surface area contributed by atoms with Crippen LogP contribution < -0.4 is 0 Å². The molecule has 0 unspecified atom stereocenters. The number of hydrogen-bond acceptors (Lipinski definition) is 6. The van der Waals surface area contributed by atoms with E-state index in [1.807, 2.05) is 0 Å². The zero-order chi connectivity index (χ0) is 36.6. The molecule has 6 heteroatoms. The number of rotatable bonds is 40. The van der Waals surface area contributed by atoms with Crippen LogP contribution in [0.25, 0.3) is 0 Å². The van der Waals surface area contributed by atoms with Gasteiger partial charge in [0, 0.05) is 19.3 Å². The Morgan fingerprint density at radius 2 is 0.540 bits per heavy atom. The fourth-order valence-electron chi connectivity index (χ4n) is 6.50. The molecule has 0 saturated heterocycles. The third kappa shape index (κ3) is 37.7. The van der Waals surface area contributed by atoms with Crippen LogP contribution in [0.15, 0.2) is 0 Å². The number of carbonyl (C=O) groups is 3. The van der Waals surface area contributed by atoms with Gasteiger partial charge in [0.25, 0.3) is 0 Å². The standard InChI is InChI=1S/C44H84O6/c1-4-7-10-13-16-19-21-23-26-29-32-35-38-44(47)50-41(39-48-42(45)36-33-30-27-24-18-15-12-9-6-3)40-49-43(46)37-34-31-28-25-22-20-17-14-11-8-5-2/h41H,4-40H2,1-3H3/t41-/m0/s1. The van der Waals surface area contributed by atoms with E-state index in [9.17, 15) is 14.4 Å². The van der Waals surface area contributed by atoms with E-state index in [0.29, 0.717) is 19.3 Å². The van der Waals surface area contributed by atoms with Gasteiger partial charge in [0.05, 0.1) is 0 Å². The first-order chi connectivity index (χ1) is 24.5. The topological polar surface area (TPSA) is 78.9 Å². The second-order valence-corrected chi connectivity index (χ2v) is 15.0. The predicted octanol–water partition coefficient (Wildman–Crippen LogP) is 13.7. The third-order valence-electron chi connectivity index (χ3n) is 9.86. The first-order valence-electron chi connectivity index (χ1n) is 22.0. The molecule has 0 aromatic heterocycles. The highest BCUT2D eigenvalue weighted by atomic mass is 16.6. The van der Waals surface area contributed by atoms with Gasteiger partial charge in [0.2, 0.25) is 0 Å². The van der Waals surface area contributed by atoms with Crippen LogP contribution in [-0.2, 0) is 28.6 Å². The first kappa shape index (κ1) is 48.4. The van der Waals surface area contributed by atoms with Crippen LogP contribution in [0.4, 0.5) is 0 Å². The lowest BCUT2D eigenvalue weighted by atomic mass is 10.0. The average molecular weight is 709 g/mol. The van der Waals surface area contributed by atoms with Crippen LogP contribution in [0.3, 0.4) is 0 Å². The summed E-state index contributed by atoms with van der Waals surface area (Å²) < 4.78 is 16.7. The fourth-order valence-corrected chi connectivity index (χ4v) is 6.50. The minimum absolute atomic E-state index is 0.0631. The van der Waals surface area contributed by atoms with E-state index in [0.717, 1.165) is 57.8 Å². The Morgan fingerprint density at radius 3 is 0.800 bits per heavy atom. The summed E-state index contributed by atoms with van der Waals surface area (Å²) in [6, 6.07) is 0. The van der Waals surface area contributed by atoms with Gasteiger partial charge < -0.3 is 14.2 Å². The molecule has 0 rings (SSSR count). The van der Waals surface area contributed by atoms with Gasteiger partial charge >= 0.3 is 17.9 Å². The Kier molecular flexibility index (Phi) is 38.9. The number of ether oxygens (including phenoxy) is 3. The van der Waals surface area contributed by atoms with Crippen LogP contribution >= 0.6 is 0 Å². The largest absolute Gasteiger partial charge is 0.462 e. The van der Waals surface area contributed by atoms with Gasteiger partial charge in [-0.25, -0.2) is 0 Å². The quantitative estimate of drug-likeness (QED) is 0.0358. The summed E-state index contributed by atoms with van der Waals surface area (Å²) >= 11 is 0. The molecule has 0 aliphatic carbocycles. The second-order valence-electron chi connectivity index (χ2n) is 15.0. The highest BCUT2D eigenvalue weighted by Crippen LogP contribution is 2.15. The molecule has 296 valence electrons. The van der Waals surface area contributed by atoms with Crippen LogP contribution in [0.1, 0.15) is 245 Å². The molecule has 0 heterocycles. The highest BCUT2D eigenvalue weighted by Gasteiger charge is 2.19. The SMILES string of the molecule is CCCCCCCCCCCCCCC(=O)O[C@@H](COC(=O)CCCCCCCCCCC)COC(=O)CCCCCCCCCCCCC.